The molecule has 1 aliphatic rings. The van der Waals surface area contributed by atoms with Crippen LogP contribution >= 0.6 is 15.9 Å². The van der Waals surface area contributed by atoms with Crippen LogP contribution in [0.2, 0.25) is 0 Å². The van der Waals surface area contributed by atoms with Gasteiger partial charge in [-0.2, -0.15) is 0 Å². The summed E-state index contributed by atoms with van der Waals surface area (Å²) in [5.41, 5.74) is 2.06. The highest BCUT2D eigenvalue weighted by Gasteiger charge is 2.51. The fraction of sp³-hybridized carbons (Fsp3) is 0.222. The zero-order chi connectivity index (χ0) is 24.2. The van der Waals surface area contributed by atoms with Crippen molar-refractivity contribution in [2.75, 3.05) is 20.8 Å². The van der Waals surface area contributed by atoms with Crippen molar-refractivity contribution in [1.29, 1.82) is 0 Å². The van der Waals surface area contributed by atoms with Gasteiger partial charge in [0.15, 0.2) is 17.3 Å². The second-order valence-corrected chi connectivity index (χ2v) is 8.92. The molecule has 0 spiro atoms. The van der Waals surface area contributed by atoms with Crippen LogP contribution in [0.5, 0.6) is 11.5 Å². The zero-order valence-electron chi connectivity index (χ0n) is 18.9. The first-order valence-electron chi connectivity index (χ1n) is 10.8. The Kier molecular flexibility index (Phi) is 7.12. The molecule has 0 aliphatic carbocycles. The van der Waals surface area contributed by atoms with Crippen LogP contribution < -0.4 is 9.47 Å². The Morgan fingerprint density at radius 3 is 2.24 bits per heavy atom. The summed E-state index contributed by atoms with van der Waals surface area (Å²) in [6, 6.07) is 21.0. The van der Waals surface area contributed by atoms with Crippen molar-refractivity contribution in [2.24, 2.45) is 5.92 Å². The number of ether oxygens (including phenoxy) is 2. The number of amides is 1. The van der Waals surface area contributed by atoms with E-state index in [-0.39, 0.29) is 5.78 Å². The van der Waals surface area contributed by atoms with Crippen molar-refractivity contribution in [1.82, 2.24) is 4.90 Å². The summed E-state index contributed by atoms with van der Waals surface area (Å²) in [5.74, 6) is -1.89. The average Bonchev–Trinajstić information content (AvgIpc) is 3.12. The minimum atomic E-state index is -1.15. The van der Waals surface area contributed by atoms with Gasteiger partial charge >= 0.3 is 0 Å². The summed E-state index contributed by atoms with van der Waals surface area (Å²) in [4.78, 5) is 41.4. The Labute approximate surface area is 206 Å². The zero-order valence-corrected chi connectivity index (χ0v) is 20.4. The number of hydrogen-bond donors (Lipinski definition) is 0. The molecule has 0 saturated carbocycles. The highest BCUT2D eigenvalue weighted by atomic mass is 79.9. The number of likely N-dealkylation sites (tertiary alicyclic amines) is 1. The van der Waals surface area contributed by atoms with E-state index in [1.165, 1.54) is 19.1 Å². The van der Waals surface area contributed by atoms with E-state index in [1.54, 1.807) is 42.5 Å². The lowest BCUT2D eigenvalue weighted by molar-refractivity contribution is -0.140. The number of benzene rings is 3. The average molecular weight is 522 g/mol. The maximum atomic E-state index is 13.5. The van der Waals surface area contributed by atoms with E-state index in [9.17, 15) is 14.4 Å². The normalized spacial score (nSPS) is 17.7. The van der Waals surface area contributed by atoms with Crippen molar-refractivity contribution in [3.8, 4) is 11.5 Å². The third-order valence-corrected chi connectivity index (χ3v) is 6.58. The molecule has 6 nitrogen and oxygen atoms in total. The van der Waals surface area contributed by atoms with E-state index in [0.717, 1.165) is 10.0 Å². The molecule has 0 radical (unpaired) electrons. The lowest BCUT2D eigenvalue weighted by atomic mass is 9.86. The fourth-order valence-electron chi connectivity index (χ4n) is 4.32. The number of halogens is 1. The minimum absolute atomic E-state index is 0.303. The van der Waals surface area contributed by atoms with Crippen molar-refractivity contribution in [3.05, 3.63) is 94.0 Å². The SMILES string of the molecule is COc1ccc(C2C(C(=O)c3ccc(Br)cc3)C(=O)C(=O)N2CCc2ccccc2)cc1OC. The number of ketones is 2. The van der Waals surface area contributed by atoms with E-state index < -0.39 is 23.7 Å². The number of hydrogen-bond acceptors (Lipinski definition) is 5. The van der Waals surface area contributed by atoms with Gasteiger partial charge in [0.05, 0.1) is 20.3 Å². The topological polar surface area (TPSA) is 72.9 Å². The lowest BCUT2D eigenvalue weighted by Gasteiger charge is -2.28. The van der Waals surface area contributed by atoms with Crippen molar-refractivity contribution >= 4 is 33.4 Å². The molecule has 1 aliphatic heterocycles. The number of Topliss-reactive ketones (excluding diaryl/α,β-unsaturated/α-hetero) is 2. The Balaban J connectivity index is 1.75. The Morgan fingerprint density at radius 1 is 0.912 bits per heavy atom. The molecule has 0 aromatic heterocycles. The highest BCUT2D eigenvalue weighted by Crippen LogP contribution is 2.41. The standard InChI is InChI=1S/C27H24BrNO5/c1-33-21-13-10-19(16-22(21)34-2)24-23(25(30)18-8-11-20(28)12-9-18)26(31)27(32)29(24)15-14-17-6-4-3-5-7-17/h3-13,16,23-24H,14-15H2,1-2H3. The summed E-state index contributed by atoms with van der Waals surface area (Å²) in [6.45, 7) is 0.303. The molecule has 1 saturated heterocycles. The predicted octanol–water partition coefficient (Wildman–Crippen LogP) is 4.66. The summed E-state index contributed by atoms with van der Waals surface area (Å²) < 4.78 is 11.6. The van der Waals surface area contributed by atoms with E-state index in [1.807, 2.05) is 30.3 Å². The number of rotatable bonds is 8. The first kappa shape index (κ1) is 23.7. The van der Waals surface area contributed by atoms with Crippen molar-refractivity contribution < 1.29 is 23.9 Å². The van der Waals surface area contributed by atoms with Gasteiger partial charge in [-0.25, -0.2) is 0 Å². The lowest BCUT2D eigenvalue weighted by Crippen LogP contribution is -2.32. The smallest absolute Gasteiger partial charge is 0.291 e. The fourth-order valence-corrected chi connectivity index (χ4v) is 4.59. The number of nitrogens with zero attached hydrogens (tertiary/aromatic N) is 1. The maximum absolute atomic E-state index is 13.5. The number of carbonyl (C=O) groups excluding carboxylic acids is 3. The van der Waals surface area contributed by atoms with E-state index in [4.69, 9.17) is 9.47 Å². The predicted molar refractivity (Wildman–Crippen MR) is 131 cm³/mol. The Hall–Kier alpha value is -3.45. The molecule has 174 valence electrons. The molecular weight excluding hydrogens is 498 g/mol. The molecule has 2 atom stereocenters. The van der Waals surface area contributed by atoms with Gasteiger partial charge in [-0.15, -0.1) is 0 Å². The van der Waals surface area contributed by atoms with Crippen LogP contribution in [0.25, 0.3) is 0 Å². The Bertz CT molecular complexity index is 1210. The first-order chi connectivity index (χ1) is 16.4. The monoisotopic (exact) mass is 521 g/mol. The molecule has 4 rings (SSSR count). The van der Waals surface area contributed by atoms with Crippen LogP contribution in [0, 0.1) is 5.92 Å². The van der Waals surface area contributed by atoms with Gasteiger partial charge in [0.1, 0.15) is 5.92 Å². The molecule has 34 heavy (non-hydrogen) atoms. The maximum Gasteiger partial charge on any atom is 0.291 e. The van der Waals surface area contributed by atoms with Crippen LogP contribution in [0.3, 0.4) is 0 Å². The molecule has 1 heterocycles. The quantitative estimate of drug-likeness (QED) is 0.245. The summed E-state index contributed by atoms with van der Waals surface area (Å²) in [5, 5.41) is 0. The molecule has 3 aromatic rings. The molecule has 0 bridgehead atoms. The number of carbonyl (C=O) groups is 3. The van der Waals surface area contributed by atoms with Gasteiger partial charge in [0, 0.05) is 16.6 Å². The largest absolute Gasteiger partial charge is 0.493 e. The minimum Gasteiger partial charge on any atom is -0.493 e. The summed E-state index contributed by atoms with van der Waals surface area (Å²) >= 11 is 3.36. The van der Waals surface area contributed by atoms with Gasteiger partial charge in [0.2, 0.25) is 5.78 Å². The van der Waals surface area contributed by atoms with Crippen LogP contribution in [-0.2, 0) is 16.0 Å². The second-order valence-electron chi connectivity index (χ2n) is 8.01. The highest BCUT2D eigenvalue weighted by molar-refractivity contribution is 9.10. The van der Waals surface area contributed by atoms with E-state index in [0.29, 0.717) is 35.6 Å². The van der Waals surface area contributed by atoms with Crippen LogP contribution in [-0.4, -0.2) is 43.1 Å². The molecule has 7 heteroatoms. The van der Waals surface area contributed by atoms with Crippen LogP contribution in [0.4, 0.5) is 0 Å². The van der Waals surface area contributed by atoms with Crippen molar-refractivity contribution in [2.45, 2.75) is 12.5 Å². The van der Waals surface area contributed by atoms with Gasteiger partial charge in [-0.05, 0) is 41.8 Å². The third kappa shape index (κ3) is 4.61. The first-order valence-corrected chi connectivity index (χ1v) is 11.6. The van der Waals surface area contributed by atoms with E-state index >= 15 is 0 Å². The number of methoxy groups -OCH3 is 2. The molecule has 1 fully saturated rings. The summed E-state index contributed by atoms with van der Waals surface area (Å²) in [7, 11) is 3.05. The van der Waals surface area contributed by atoms with Gasteiger partial charge in [-0.3, -0.25) is 14.4 Å². The second kappa shape index (κ2) is 10.2. The van der Waals surface area contributed by atoms with E-state index in [2.05, 4.69) is 15.9 Å². The van der Waals surface area contributed by atoms with Gasteiger partial charge in [-0.1, -0.05) is 64.5 Å². The molecule has 3 aromatic carbocycles. The molecular formula is C27H24BrNO5. The van der Waals surface area contributed by atoms with Gasteiger partial charge < -0.3 is 14.4 Å². The summed E-state index contributed by atoms with van der Waals surface area (Å²) in [6.07, 6.45) is 0.558. The van der Waals surface area contributed by atoms with Crippen molar-refractivity contribution in [3.63, 3.8) is 0 Å². The molecule has 0 N–H and O–H groups in total. The van der Waals surface area contributed by atoms with Crippen LogP contribution in [0.15, 0.2) is 77.3 Å². The molecule has 2 unspecified atom stereocenters. The molecule has 1 amide bonds. The van der Waals surface area contributed by atoms with Crippen LogP contribution in [0.1, 0.15) is 27.5 Å². The third-order valence-electron chi connectivity index (χ3n) is 6.05. The Morgan fingerprint density at radius 2 is 1.59 bits per heavy atom. The van der Waals surface area contributed by atoms with Gasteiger partial charge in [0.25, 0.3) is 5.91 Å².